The largest absolute Gasteiger partial charge is 0.323 e. The van der Waals surface area contributed by atoms with Crippen molar-refractivity contribution in [2.24, 2.45) is 17.6 Å². The van der Waals surface area contributed by atoms with Crippen LogP contribution in [0.5, 0.6) is 0 Å². The van der Waals surface area contributed by atoms with Gasteiger partial charge in [-0.15, -0.1) is 0 Å². The average Bonchev–Trinajstić information content (AvgIpc) is 2.53. The number of hydrogen-bond donors (Lipinski definition) is 3. The van der Waals surface area contributed by atoms with Gasteiger partial charge < -0.3 is 16.4 Å². The predicted molar refractivity (Wildman–Crippen MR) is 105 cm³/mol. The molecule has 0 amide bonds. The summed E-state index contributed by atoms with van der Waals surface area (Å²) in [6.07, 6.45) is 10.5. The summed E-state index contributed by atoms with van der Waals surface area (Å²) in [6, 6.07) is 0. The van der Waals surface area contributed by atoms with E-state index < -0.39 is 0 Å². The lowest BCUT2D eigenvalue weighted by molar-refractivity contribution is 0.344. The van der Waals surface area contributed by atoms with Crippen LogP contribution in [0, 0.1) is 11.8 Å². The molecular weight excluding hydrogens is 282 g/mol. The zero-order valence-electron chi connectivity index (χ0n) is 16.7. The van der Waals surface area contributed by atoms with Gasteiger partial charge in [0.2, 0.25) is 0 Å². The third-order valence-electron chi connectivity index (χ3n) is 5.01. The van der Waals surface area contributed by atoms with Crippen LogP contribution < -0.4 is 16.4 Å². The van der Waals surface area contributed by atoms with Gasteiger partial charge in [0, 0.05) is 18.6 Å². The minimum absolute atomic E-state index is 0.161. The molecule has 0 spiro atoms. The van der Waals surface area contributed by atoms with E-state index in [2.05, 4.69) is 45.3 Å². The molecule has 0 rings (SSSR count). The first-order chi connectivity index (χ1) is 11.0. The van der Waals surface area contributed by atoms with Crippen LogP contribution in [0.3, 0.4) is 0 Å². The van der Waals surface area contributed by atoms with Crippen LogP contribution in [0.15, 0.2) is 0 Å². The Hall–Kier alpha value is -0.120. The van der Waals surface area contributed by atoms with E-state index in [1.54, 1.807) is 0 Å². The first-order valence-corrected chi connectivity index (χ1v) is 10.2. The normalized spacial score (nSPS) is 17.0. The fraction of sp³-hybridized carbons (Fsp3) is 1.00. The van der Waals surface area contributed by atoms with Gasteiger partial charge >= 0.3 is 0 Å². The van der Waals surface area contributed by atoms with E-state index in [0.29, 0.717) is 0 Å². The molecule has 2 atom stereocenters. The van der Waals surface area contributed by atoms with E-state index >= 15 is 0 Å². The number of unbranched alkanes of at least 4 members (excludes halogenated alkanes) is 2. The first-order valence-electron chi connectivity index (χ1n) is 10.2. The maximum absolute atomic E-state index is 6.45. The zero-order valence-corrected chi connectivity index (χ0v) is 16.7. The first kappa shape index (κ1) is 22.9. The summed E-state index contributed by atoms with van der Waals surface area (Å²) in [4.78, 5) is 0. The predicted octanol–water partition coefficient (Wildman–Crippen LogP) is 4.32. The van der Waals surface area contributed by atoms with Crippen molar-refractivity contribution in [3.05, 3.63) is 0 Å². The molecule has 0 aliphatic carbocycles. The third kappa shape index (κ3) is 12.9. The van der Waals surface area contributed by atoms with Gasteiger partial charge in [0.15, 0.2) is 0 Å². The lowest BCUT2D eigenvalue weighted by Crippen LogP contribution is -2.54. The van der Waals surface area contributed by atoms with Crippen molar-refractivity contribution in [3.63, 3.8) is 0 Å². The van der Waals surface area contributed by atoms with E-state index in [-0.39, 0.29) is 5.54 Å². The summed E-state index contributed by atoms with van der Waals surface area (Å²) in [7, 11) is 0. The van der Waals surface area contributed by atoms with Crippen molar-refractivity contribution >= 4 is 0 Å². The number of hydrogen-bond acceptors (Lipinski definition) is 3. The highest BCUT2D eigenvalue weighted by Crippen LogP contribution is 2.12. The molecule has 4 N–H and O–H groups in total. The Morgan fingerprint density at radius 1 is 0.783 bits per heavy atom. The van der Waals surface area contributed by atoms with Gasteiger partial charge in [0.1, 0.15) is 0 Å². The molecule has 0 aromatic carbocycles. The third-order valence-corrected chi connectivity index (χ3v) is 5.01. The minimum atomic E-state index is -0.161. The molecule has 0 radical (unpaired) electrons. The second kappa shape index (κ2) is 14.2. The van der Waals surface area contributed by atoms with Gasteiger partial charge in [-0.3, -0.25) is 0 Å². The second-order valence-electron chi connectivity index (χ2n) is 7.75. The van der Waals surface area contributed by atoms with Crippen LogP contribution in [0.1, 0.15) is 86.0 Å². The van der Waals surface area contributed by atoms with Crippen molar-refractivity contribution in [1.29, 1.82) is 0 Å². The second-order valence-corrected chi connectivity index (χ2v) is 7.75. The molecule has 0 aliphatic rings. The van der Waals surface area contributed by atoms with E-state index in [4.69, 9.17) is 5.73 Å². The van der Waals surface area contributed by atoms with Gasteiger partial charge in [-0.05, 0) is 44.7 Å². The van der Waals surface area contributed by atoms with Gasteiger partial charge in [0.25, 0.3) is 0 Å². The smallest absolute Gasteiger partial charge is 0.0378 e. The molecule has 0 heterocycles. The van der Waals surface area contributed by atoms with Crippen LogP contribution in [0.2, 0.25) is 0 Å². The Balaban J connectivity index is 3.90. The lowest BCUT2D eigenvalue weighted by Gasteiger charge is -2.28. The SMILES string of the molecule is CCCCC(CC)CNCC(C)(N)CNCC(CC)CCCC. The highest BCUT2D eigenvalue weighted by molar-refractivity contribution is 4.84. The monoisotopic (exact) mass is 327 g/mol. The molecule has 0 saturated carbocycles. The summed E-state index contributed by atoms with van der Waals surface area (Å²) >= 11 is 0. The standard InChI is InChI=1S/C20H45N3/c1-6-10-12-18(8-3)14-22-16-20(5,21)17-23-15-19(9-4)13-11-7-2/h18-19,22-23H,6-17,21H2,1-5H3. The van der Waals surface area contributed by atoms with Crippen LogP contribution >= 0.6 is 0 Å². The van der Waals surface area contributed by atoms with E-state index in [1.165, 1.54) is 51.4 Å². The van der Waals surface area contributed by atoms with Crippen molar-refractivity contribution in [3.8, 4) is 0 Å². The maximum Gasteiger partial charge on any atom is 0.0378 e. The highest BCUT2D eigenvalue weighted by atomic mass is 15.0. The zero-order chi connectivity index (χ0) is 17.6. The summed E-state index contributed by atoms with van der Waals surface area (Å²) in [6.45, 7) is 15.3. The quantitative estimate of drug-likeness (QED) is 0.396. The highest BCUT2D eigenvalue weighted by Gasteiger charge is 2.19. The molecule has 2 unspecified atom stereocenters. The molecule has 0 bridgehead atoms. The Kier molecular flexibility index (Phi) is 14.2. The average molecular weight is 328 g/mol. The van der Waals surface area contributed by atoms with Crippen molar-refractivity contribution in [2.45, 2.75) is 91.5 Å². The molecule has 0 aromatic rings. The molecule has 0 aliphatic heterocycles. The van der Waals surface area contributed by atoms with E-state index in [0.717, 1.165) is 38.0 Å². The summed E-state index contributed by atoms with van der Waals surface area (Å²) in [5.74, 6) is 1.61. The van der Waals surface area contributed by atoms with Crippen molar-refractivity contribution in [1.82, 2.24) is 10.6 Å². The molecule has 0 aromatic heterocycles. The van der Waals surface area contributed by atoms with Gasteiger partial charge in [-0.1, -0.05) is 66.2 Å². The van der Waals surface area contributed by atoms with Crippen LogP contribution in [-0.4, -0.2) is 31.7 Å². The Bertz CT molecular complexity index is 229. The van der Waals surface area contributed by atoms with E-state index in [9.17, 15) is 0 Å². The minimum Gasteiger partial charge on any atom is -0.323 e. The van der Waals surface area contributed by atoms with Crippen molar-refractivity contribution in [2.75, 3.05) is 26.2 Å². The fourth-order valence-corrected chi connectivity index (χ4v) is 3.07. The molecule has 3 nitrogen and oxygen atoms in total. The summed E-state index contributed by atoms with van der Waals surface area (Å²) < 4.78 is 0. The van der Waals surface area contributed by atoms with Gasteiger partial charge in [-0.25, -0.2) is 0 Å². The molecule has 3 heteroatoms. The Labute approximate surface area is 146 Å². The molecule has 140 valence electrons. The topological polar surface area (TPSA) is 50.1 Å². The Morgan fingerprint density at radius 2 is 1.17 bits per heavy atom. The lowest BCUT2D eigenvalue weighted by atomic mass is 9.97. The van der Waals surface area contributed by atoms with Crippen LogP contribution in [0.4, 0.5) is 0 Å². The summed E-state index contributed by atoms with van der Waals surface area (Å²) in [5, 5.41) is 7.21. The Morgan fingerprint density at radius 3 is 1.48 bits per heavy atom. The van der Waals surface area contributed by atoms with Crippen LogP contribution in [-0.2, 0) is 0 Å². The van der Waals surface area contributed by atoms with Crippen molar-refractivity contribution < 1.29 is 0 Å². The number of rotatable bonds is 16. The molecule has 23 heavy (non-hydrogen) atoms. The number of nitrogens with one attached hydrogen (secondary N) is 2. The molecular formula is C20H45N3. The molecule has 0 saturated heterocycles. The summed E-state index contributed by atoms with van der Waals surface area (Å²) in [5.41, 5.74) is 6.29. The fourth-order valence-electron chi connectivity index (χ4n) is 3.07. The van der Waals surface area contributed by atoms with Crippen LogP contribution in [0.25, 0.3) is 0 Å². The van der Waals surface area contributed by atoms with Gasteiger partial charge in [-0.2, -0.15) is 0 Å². The molecule has 0 fully saturated rings. The van der Waals surface area contributed by atoms with E-state index in [1.807, 2.05) is 0 Å². The maximum atomic E-state index is 6.45. The van der Waals surface area contributed by atoms with Gasteiger partial charge in [0.05, 0.1) is 0 Å². The number of nitrogens with two attached hydrogens (primary N) is 1.